The minimum absolute atomic E-state index is 0.153. The summed E-state index contributed by atoms with van der Waals surface area (Å²) in [5.74, 6) is 1.30. The zero-order valence-corrected chi connectivity index (χ0v) is 13.7. The van der Waals surface area contributed by atoms with Crippen LogP contribution in [0.25, 0.3) is 0 Å². The second-order valence-corrected chi connectivity index (χ2v) is 5.61. The fourth-order valence-corrected chi connectivity index (χ4v) is 2.41. The van der Waals surface area contributed by atoms with Crippen LogP contribution in [-0.4, -0.2) is 24.2 Å². The summed E-state index contributed by atoms with van der Waals surface area (Å²) in [6, 6.07) is 7.46. The Kier molecular flexibility index (Phi) is 5.15. The molecule has 1 aromatic heterocycles. The molecule has 0 fully saturated rings. The van der Waals surface area contributed by atoms with Gasteiger partial charge < -0.3 is 20.1 Å². The summed E-state index contributed by atoms with van der Waals surface area (Å²) >= 11 is 0. The normalized spacial score (nSPS) is 12.0. The number of hydrogen-bond donors (Lipinski definition) is 2. The molecule has 24 heavy (non-hydrogen) atoms. The predicted octanol–water partition coefficient (Wildman–Crippen LogP) is 2.95. The Labute approximate surface area is 141 Å². The van der Waals surface area contributed by atoms with Crippen LogP contribution >= 0.6 is 0 Å². The fourth-order valence-electron chi connectivity index (χ4n) is 2.41. The highest BCUT2D eigenvalue weighted by Crippen LogP contribution is 2.32. The molecule has 0 saturated carbocycles. The van der Waals surface area contributed by atoms with Crippen molar-refractivity contribution in [3.05, 3.63) is 47.8 Å². The van der Waals surface area contributed by atoms with Gasteiger partial charge in [0.1, 0.15) is 0 Å². The number of carbonyl (C=O) groups is 1. The van der Waals surface area contributed by atoms with E-state index in [4.69, 9.17) is 9.47 Å². The number of nitrogens with zero attached hydrogens (tertiary/aromatic N) is 1. The topological polar surface area (TPSA) is 72.5 Å². The third-order valence-corrected chi connectivity index (χ3v) is 3.75. The SMILES string of the molecule is CCCCNc1cncc(C(=O)NCc2ccc3c(c2)OCO3)c1. The lowest BCUT2D eigenvalue weighted by atomic mass is 10.2. The Bertz CT molecular complexity index is 718. The Morgan fingerprint density at radius 3 is 2.96 bits per heavy atom. The molecule has 0 spiro atoms. The van der Waals surface area contributed by atoms with Crippen molar-refractivity contribution >= 4 is 11.6 Å². The van der Waals surface area contributed by atoms with E-state index >= 15 is 0 Å². The van der Waals surface area contributed by atoms with Crippen LogP contribution in [0.5, 0.6) is 11.5 Å². The lowest BCUT2D eigenvalue weighted by Crippen LogP contribution is -2.23. The van der Waals surface area contributed by atoms with Crippen LogP contribution in [0.1, 0.15) is 35.7 Å². The van der Waals surface area contributed by atoms with Crippen LogP contribution in [-0.2, 0) is 6.54 Å². The Hall–Kier alpha value is -2.76. The molecule has 126 valence electrons. The highest BCUT2D eigenvalue weighted by Gasteiger charge is 2.13. The standard InChI is InChI=1S/C18H21N3O3/c1-2-3-6-20-15-8-14(10-19-11-15)18(22)21-9-13-4-5-16-17(7-13)24-12-23-16/h4-5,7-8,10-11,20H,2-3,6,9,12H2,1H3,(H,21,22). The number of fused-ring (bicyclic) bond motifs is 1. The molecule has 0 atom stereocenters. The first-order valence-corrected chi connectivity index (χ1v) is 8.12. The third-order valence-electron chi connectivity index (χ3n) is 3.75. The highest BCUT2D eigenvalue weighted by molar-refractivity contribution is 5.94. The molecule has 6 nitrogen and oxygen atoms in total. The number of benzene rings is 1. The van der Waals surface area contributed by atoms with E-state index in [1.165, 1.54) is 0 Å². The van der Waals surface area contributed by atoms with Gasteiger partial charge in [0.2, 0.25) is 6.79 Å². The lowest BCUT2D eigenvalue weighted by molar-refractivity contribution is 0.0950. The monoisotopic (exact) mass is 327 g/mol. The van der Waals surface area contributed by atoms with Gasteiger partial charge in [0.15, 0.2) is 11.5 Å². The van der Waals surface area contributed by atoms with Crippen molar-refractivity contribution in [1.29, 1.82) is 0 Å². The van der Waals surface area contributed by atoms with Crippen LogP contribution < -0.4 is 20.1 Å². The predicted molar refractivity (Wildman–Crippen MR) is 91.4 cm³/mol. The Morgan fingerprint density at radius 1 is 1.21 bits per heavy atom. The van der Waals surface area contributed by atoms with Gasteiger partial charge in [-0.15, -0.1) is 0 Å². The van der Waals surface area contributed by atoms with Crippen LogP contribution in [0.15, 0.2) is 36.7 Å². The first kappa shape index (κ1) is 16.1. The summed E-state index contributed by atoms with van der Waals surface area (Å²) in [5, 5.41) is 6.17. The van der Waals surface area contributed by atoms with Crippen molar-refractivity contribution in [1.82, 2.24) is 10.3 Å². The third kappa shape index (κ3) is 3.95. The molecule has 0 aliphatic carbocycles. The molecular formula is C18H21N3O3. The second-order valence-electron chi connectivity index (χ2n) is 5.61. The molecule has 1 aliphatic heterocycles. The minimum Gasteiger partial charge on any atom is -0.454 e. The quantitative estimate of drug-likeness (QED) is 0.765. The molecule has 1 aromatic carbocycles. The Morgan fingerprint density at radius 2 is 2.08 bits per heavy atom. The number of unbranched alkanes of at least 4 members (excludes halogenated alkanes) is 1. The molecule has 0 radical (unpaired) electrons. The molecule has 0 bridgehead atoms. The number of aromatic nitrogens is 1. The second kappa shape index (κ2) is 7.68. The average molecular weight is 327 g/mol. The van der Waals surface area contributed by atoms with Crippen molar-refractivity contribution in [3.8, 4) is 11.5 Å². The molecule has 6 heteroatoms. The maximum atomic E-state index is 12.3. The first-order chi connectivity index (χ1) is 11.8. The highest BCUT2D eigenvalue weighted by atomic mass is 16.7. The summed E-state index contributed by atoms with van der Waals surface area (Å²) in [7, 11) is 0. The Balaban J connectivity index is 1.57. The van der Waals surface area contributed by atoms with E-state index in [2.05, 4.69) is 22.5 Å². The van der Waals surface area contributed by atoms with E-state index in [0.29, 0.717) is 17.9 Å². The van der Waals surface area contributed by atoms with Gasteiger partial charge >= 0.3 is 0 Å². The van der Waals surface area contributed by atoms with E-state index in [1.54, 1.807) is 12.4 Å². The summed E-state index contributed by atoms with van der Waals surface area (Å²) in [6.07, 6.45) is 5.50. The summed E-state index contributed by atoms with van der Waals surface area (Å²) in [6.45, 7) is 3.68. The molecular weight excluding hydrogens is 306 g/mol. The zero-order valence-electron chi connectivity index (χ0n) is 13.7. The molecule has 0 saturated heterocycles. The minimum atomic E-state index is -0.153. The molecule has 1 amide bonds. The number of pyridine rings is 1. The van der Waals surface area contributed by atoms with Crippen molar-refractivity contribution in [2.45, 2.75) is 26.3 Å². The smallest absolute Gasteiger partial charge is 0.253 e. The number of amides is 1. The summed E-state index contributed by atoms with van der Waals surface area (Å²) < 4.78 is 10.6. The number of anilines is 1. The number of carbonyl (C=O) groups excluding carboxylic acids is 1. The van der Waals surface area contributed by atoms with Crippen LogP contribution in [0, 0.1) is 0 Å². The van der Waals surface area contributed by atoms with E-state index < -0.39 is 0 Å². The van der Waals surface area contributed by atoms with E-state index in [-0.39, 0.29) is 12.7 Å². The maximum absolute atomic E-state index is 12.3. The lowest BCUT2D eigenvalue weighted by Gasteiger charge is -2.09. The average Bonchev–Trinajstić information content (AvgIpc) is 3.08. The summed E-state index contributed by atoms with van der Waals surface area (Å²) in [5.41, 5.74) is 2.36. The number of ether oxygens (including phenoxy) is 2. The van der Waals surface area contributed by atoms with E-state index in [0.717, 1.165) is 36.4 Å². The van der Waals surface area contributed by atoms with Gasteiger partial charge in [0, 0.05) is 25.5 Å². The van der Waals surface area contributed by atoms with Gasteiger partial charge in [-0.2, -0.15) is 0 Å². The largest absolute Gasteiger partial charge is 0.454 e. The molecule has 3 rings (SSSR count). The molecule has 0 unspecified atom stereocenters. The van der Waals surface area contributed by atoms with Gasteiger partial charge in [-0.3, -0.25) is 9.78 Å². The summed E-state index contributed by atoms with van der Waals surface area (Å²) in [4.78, 5) is 16.4. The van der Waals surface area contributed by atoms with Crippen LogP contribution in [0.2, 0.25) is 0 Å². The molecule has 2 N–H and O–H groups in total. The fraction of sp³-hybridized carbons (Fsp3) is 0.333. The van der Waals surface area contributed by atoms with Crippen molar-refractivity contribution in [3.63, 3.8) is 0 Å². The van der Waals surface area contributed by atoms with Crippen molar-refractivity contribution in [2.24, 2.45) is 0 Å². The zero-order chi connectivity index (χ0) is 16.8. The number of rotatable bonds is 7. The first-order valence-electron chi connectivity index (χ1n) is 8.12. The van der Waals surface area contributed by atoms with Gasteiger partial charge in [-0.25, -0.2) is 0 Å². The number of hydrogen-bond acceptors (Lipinski definition) is 5. The van der Waals surface area contributed by atoms with Gasteiger partial charge in [-0.05, 0) is 30.2 Å². The van der Waals surface area contributed by atoms with E-state index in [1.807, 2.05) is 24.3 Å². The van der Waals surface area contributed by atoms with Crippen molar-refractivity contribution < 1.29 is 14.3 Å². The molecule has 1 aliphatic rings. The van der Waals surface area contributed by atoms with Gasteiger partial charge in [0.05, 0.1) is 11.3 Å². The maximum Gasteiger partial charge on any atom is 0.253 e. The van der Waals surface area contributed by atoms with Crippen LogP contribution in [0.4, 0.5) is 5.69 Å². The number of nitrogens with one attached hydrogen (secondary N) is 2. The van der Waals surface area contributed by atoms with Crippen molar-refractivity contribution in [2.75, 3.05) is 18.7 Å². The van der Waals surface area contributed by atoms with Crippen LogP contribution in [0.3, 0.4) is 0 Å². The molecule has 2 aromatic rings. The van der Waals surface area contributed by atoms with Gasteiger partial charge in [0.25, 0.3) is 5.91 Å². The molecule has 2 heterocycles. The van der Waals surface area contributed by atoms with E-state index in [9.17, 15) is 4.79 Å². The van der Waals surface area contributed by atoms with Gasteiger partial charge in [-0.1, -0.05) is 19.4 Å².